The van der Waals surface area contributed by atoms with Crippen LogP contribution in [0.15, 0.2) is 42.9 Å². The molecule has 3 N–H and O–H groups in total. The number of phenolic OH excluding ortho intramolecular Hbond substituents is 1. The number of nitrogens with two attached hydrogens (primary N) is 1. The van der Waals surface area contributed by atoms with Crippen LogP contribution in [0.1, 0.15) is 77.8 Å². The Bertz CT molecular complexity index is 1470. The molecule has 45 heavy (non-hydrogen) atoms. The molecule has 1 aromatic carbocycles. The molecule has 1 aliphatic carbocycles. The van der Waals surface area contributed by atoms with E-state index in [2.05, 4.69) is 22.0 Å². The van der Waals surface area contributed by atoms with Gasteiger partial charge in [-0.2, -0.15) is 0 Å². The number of hydrogen-bond acceptors (Lipinski definition) is 9. The fourth-order valence-corrected chi connectivity index (χ4v) is 6.87. The zero-order valence-electron chi connectivity index (χ0n) is 26.9. The summed E-state index contributed by atoms with van der Waals surface area (Å²) in [4.78, 5) is 21.6. The number of carbonyl (C=O) groups is 1. The maximum absolute atomic E-state index is 12.3. The minimum Gasteiger partial charge on any atom is -0.507 e. The number of para-hydroxylation sites is 1. The first-order chi connectivity index (χ1) is 21.5. The van der Waals surface area contributed by atoms with E-state index in [-0.39, 0.29) is 17.9 Å². The molecule has 0 radical (unpaired) electrons. The zero-order valence-corrected chi connectivity index (χ0v) is 26.9. The van der Waals surface area contributed by atoms with Crippen LogP contribution in [0.3, 0.4) is 0 Å². The SMILES string of the molecule is CC(c1cn(-c2cc(-c3ccccc3O)nnc2N)cn1)C1CCN(C2CC(OC3CCN(C(=O)OC(C)(C)C)CC3)C2)CC1. The highest BCUT2D eigenvalue weighted by Crippen LogP contribution is 2.37. The molecule has 1 atom stereocenters. The lowest BCUT2D eigenvalue weighted by Gasteiger charge is -2.47. The summed E-state index contributed by atoms with van der Waals surface area (Å²) in [6.45, 7) is 11.6. The van der Waals surface area contributed by atoms with Crippen molar-refractivity contribution in [2.45, 2.75) is 96.0 Å². The Morgan fingerprint density at radius 2 is 1.73 bits per heavy atom. The van der Waals surface area contributed by atoms with E-state index < -0.39 is 5.60 Å². The highest BCUT2D eigenvalue weighted by Gasteiger charge is 2.39. The first kappa shape index (κ1) is 31.3. The Hall–Kier alpha value is -3.70. The first-order valence-corrected chi connectivity index (χ1v) is 16.4. The van der Waals surface area contributed by atoms with E-state index in [1.165, 1.54) is 0 Å². The fraction of sp³-hybridized carbons (Fsp3) is 0.588. The molecular weight excluding hydrogens is 570 g/mol. The van der Waals surface area contributed by atoms with Gasteiger partial charge in [-0.15, -0.1) is 10.2 Å². The van der Waals surface area contributed by atoms with Gasteiger partial charge < -0.3 is 34.7 Å². The number of benzene rings is 1. The van der Waals surface area contributed by atoms with Gasteiger partial charge in [-0.1, -0.05) is 19.1 Å². The monoisotopic (exact) mass is 617 g/mol. The highest BCUT2D eigenvalue weighted by atomic mass is 16.6. The Morgan fingerprint density at radius 3 is 2.42 bits per heavy atom. The number of aromatic hydroxyl groups is 1. The lowest BCUT2D eigenvalue weighted by Crippen LogP contribution is -2.52. The van der Waals surface area contributed by atoms with Crippen molar-refractivity contribution < 1.29 is 19.4 Å². The van der Waals surface area contributed by atoms with Gasteiger partial charge in [0.1, 0.15) is 11.4 Å². The molecule has 0 bridgehead atoms. The fourth-order valence-electron chi connectivity index (χ4n) is 6.87. The third kappa shape index (κ3) is 7.25. The van der Waals surface area contributed by atoms with E-state index >= 15 is 0 Å². The van der Waals surface area contributed by atoms with Crippen LogP contribution in [0, 0.1) is 5.92 Å². The van der Waals surface area contributed by atoms with E-state index in [4.69, 9.17) is 20.2 Å². The predicted molar refractivity (Wildman–Crippen MR) is 172 cm³/mol. The van der Waals surface area contributed by atoms with E-state index in [0.717, 1.165) is 57.3 Å². The molecular formula is C34H47N7O4. The van der Waals surface area contributed by atoms with Crippen molar-refractivity contribution in [1.29, 1.82) is 0 Å². The van der Waals surface area contributed by atoms with Gasteiger partial charge in [0, 0.05) is 36.8 Å². The molecule has 6 rings (SSSR count). The number of imidazole rings is 1. The molecule has 2 aliphatic heterocycles. The molecule has 11 heteroatoms. The second-order valence-electron chi connectivity index (χ2n) is 13.9. The second kappa shape index (κ2) is 13.0. The van der Waals surface area contributed by atoms with Crippen LogP contribution >= 0.6 is 0 Å². The van der Waals surface area contributed by atoms with Crippen LogP contribution in [0.4, 0.5) is 10.6 Å². The first-order valence-electron chi connectivity index (χ1n) is 16.4. The summed E-state index contributed by atoms with van der Waals surface area (Å²) in [5, 5.41) is 18.6. The van der Waals surface area contributed by atoms with Crippen molar-refractivity contribution in [3.63, 3.8) is 0 Å². The molecule has 1 unspecified atom stereocenters. The van der Waals surface area contributed by atoms with Gasteiger partial charge in [0.05, 0.1) is 35.6 Å². The Balaban J connectivity index is 0.955. The summed E-state index contributed by atoms with van der Waals surface area (Å²) in [7, 11) is 0. The standard InChI is InChI=1S/C34H47N7O4/c1-22(29-20-41(21-36-29)30-19-28(37-38-32(30)35)27-7-5-6-8-31(27)42)23-9-13-39(14-10-23)24-17-26(18-24)44-25-11-15-40(16-12-25)33(43)45-34(2,3)4/h5-8,19-26,42H,9-18H2,1-4H3,(H2,35,38). The number of hydrogen-bond donors (Lipinski definition) is 2. The number of nitrogen functional groups attached to an aromatic ring is 1. The van der Waals surface area contributed by atoms with Crippen LogP contribution in [0.25, 0.3) is 16.9 Å². The van der Waals surface area contributed by atoms with E-state index in [1.807, 2.05) is 54.6 Å². The molecule has 242 valence electrons. The van der Waals surface area contributed by atoms with E-state index in [1.54, 1.807) is 18.5 Å². The van der Waals surface area contributed by atoms with Crippen LogP contribution in [-0.4, -0.2) is 90.8 Å². The number of amides is 1. The van der Waals surface area contributed by atoms with Crippen molar-refractivity contribution in [2.75, 3.05) is 31.9 Å². The van der Waals surface area contributed by atoms with Crippen molar-refractivity contribution in [3.8, 4) is 22.7 Å². The number of carbonyl (C=O) groups excluding carboxylic acids is 1. The summed E-state index contributed by atoms with van der Waals surface area (Å²) < 4.78 is 13.9. The van der Waals surface area contributed by atoms with E-state index in [9.17, 15) is 9.90 Å². The maximum Gasteiger partial charge on any atom is 0.410 e. The number of phenols is 1. The molecule has 1 saturated carbocycles. The van der Waals surface area contributed by atoms with Gasteiger partial charge >= 0.3 is 6.09 Å². The maximum atomic E-state index is 12.3. The smallest absolute Gasteiger partial charge is 0.410 e. The molecule has 3 fully saturated rings. The Labute approximate surface area is 265 Å². The highest BCUT2D eigenvalue weighted by molar-refractivity contribution is 5.70. The summed E-state index contributed by atoms with van der Waals surface area (Å²) in [5.74, 6) is 1.35. The summed E-state index contributed by atoms with van der Waals surface area (Å²) in [5.41, 5.74) is 8.65. The summed E-state index contributed by atoms with van der Waals surface area (Å²) in [6.07, 6.45) is 10.4. The molecule has 4 heterocycles. The van der Waals surface area contributed by atoms with Crippen LogP contribution < -0.4 is 5.73 Å². The Morgan fingerprint density at radius 1 is 1.02 bits per heavy atom. The zero-order chi connectivity index (χ0) is 31.7. The van der Waals surface area contributed by atoms with Crippen molar-refractivity contribution in [2.24, 2.45) is 5.92 Å². The number of anilines is 1. The molecule has 0 spiro atoms. The van der Waals surface area contributed by atoms with Gasteiger partial charge in [-0.3, -0.25) is 0 Å². The summed E-state index contributed by atoms with van der Waals surface area (Å²) >= 11 is 0. The van der Waals surface area contributed by atoms with Gasteiger partial charge in [0.25, 0.3) is 0 Å². The Kier molecular flexibility index (Phi) is 9.01. The van der Waals surface area contributed by atoms with Crippen molar-refractivity contribution >= 4 is 11.9 Å². The topological polar surface area (TPSA) is 132 Å². The molecule has 2 saturated heterocycles. The van der Waals surface area contributed by atoms with Crippen molar-refractivity contribution in [1.82, 2.24) is 29.5 Å². The lowest BCUT2D eigenvalue weighted by molar-refractivity contribution is -0.106. The molecule has 3 aromatic rings. The molecule has 1 amide bonds. The number of ether oxygens (including phenoxy) is 2. The largest absolute Gasteiger partial charge is 0.507 e. The predicted octanol–water partition coefficient (Wildman–Crippen LogP) is 5.38. The number of aromatic nitrogens is 4. The minimum absolute atomic E-state index is 0.149. The normalized spacial score (nSPS) is 22.6. The summed E-state index contributed by atoms with van der Waals surface area (Å²) in [6, 6.07) is 9.52. The average molecular weight is 618 g/mol. The quantitative estimate of drug-likeness (QED) is 0.359. The van der Waals surface area contributed by atoms with Gasteiger partial charge in [0.15, 0.2) is 5.82 Å². The number of piperidine rings is 2. The number of rotatable bonds is 7. The molecule has 2 aromatic heterocycles. The second-order valence-corrected chi connectivity index (χ2v) is 13.9. The van der Waals surface area contributed by atoms with Crippen LogP contribution in [0.2, 0.25) is 0 Å². The van der Waals surface area contributed by atoms with Crippen molar-refractivity contribution in [3.05, 3.63) is 48.5 Å². The van der Waals surface area contributed by atoms with Gasteiger partial charge in [-0.25, -0.2) is 9.78 Å². The van der Waals surface area contributed by atoms with Gasteiger partial charge in [0.2, 0.25) is 0 Å². The number of nitrogens with zero attached hydrogens (tertiary/aromatic N) is 6. The van der Waals surface area contributed by atoms with Crippen LogP contribution in [-0.2, 0) is 9.47 Å². The van der Waals surface area contributed by atoms with E-state index in [0.29, 0.717) is 59.8 Å². The van der Waals surface area contributed by atoms with Crippen LogP contribution in [0.5, 0.6) is 5.75 Å². The molecule has 11 nitrogen and oxygen atoms in total. The average Bonchev–Trinajstić information content (AvgIpc) is 3.49. The minimum atomic E-state index is -0.463. The third-order valence-corrected chi connectivity index (χ3v) is 9.67. The van der Waals surface area contributed by atoms with Gasteiger partial charge in [-0.05, 0) is 96.5 Å². The third-order valence-electron chi connectivity index (χ3n) is 9.67. The lowest BCUT2D eigenvalue weighted by atomic mass is 9.81. The number of likely N-dealkylation sites (tertiary alicyclic amines) is 2. The molecule has 3 aliphatic rings.